The molecule has 0 aliphatic carbocycles. The van der Waals surface area contributed by atoms with Gasteiger partial charge in [0.1, 0.15) is 0 Å². The van der Waals surface area contributed by atoms with Gasteiger partial charge in [0.2, 0.25) is 0 Å². The summed E-state index contributed by atoms with van der Waals surface area (Å²) in [6, 6.07) is 4.37. The van der Waals surface area contributed by atoms with Crippen LogP contribution in [-0.4, -0.2) is 11.8 Å². The van der Waals surface area contributed by atoms with Crippen LogP contribution in [0, 0.1) is 0 Å². The Balaban J connectivity index is 2.85. The van der Waals surface area contributed by atoms with Crippen molar-refractivity contribution >= 4 is 17.5 Å². The van der Waals surface area contributed by atoms with E-state index in [0.717, 1.165) is 0 Å². The van der Waals surface area contributed by atoms with Gasteiger partial charge >= 0.3 is 11.8 Å². The van der Waals surface area contributed by atoms with Crippen LogP contribution in [0.1, 0.15) is 0 Å². The Hall–Kier alpha value is -2.04. The molecule has 1 N–H and O–H groups in total. The van der Waals surface area contributed by atoms with Crippen LogP contribution in [-0.2, 0) is 9.59 Å². The average molecular weight is 174 g/mol. The van der Waals surface area contributed by atoms with E-state index in [1.54, 1.807) is 0 Å². The third-order valence-electron chi connectivity index (χ3n) is 1.60. The lowest BCUT2D eigenvalue weighted by Crippen LogP contribution is -2.34. The average Bonchev–Trinajstić information content (AvgIpc) is 2.08. The number of carbonyl (C=O) groups excluding carboxylic acids is 2. The van der Waals surface area contributed by atoms with E-state index < -0.39 is 11.8 Å². The maximum Gasteiger partial charge on any atom is 0.338 e. The molecule has 63 valence electrons. The van der Waals surface area contributed by atoms with E-state index in [4.69, 9.17) is 5.73 Å². The lowest BCUT2D eigenvalue weighted by molar-refractivity contribution is -0.135. The number of nitrogens with one attached hydrogen (secondary N) is 1. The second kappa shape index (κ2) is 2.48. The quantitative estimate of drug-likeness (QED) is 0.468. The second-order valence-electron chi connectivity index (χ2n) is 2.54. The first-order valence-electron chi connectivity index (χ1n) is 3.54. The van der Waals surface area contributed by atoms with Crippen molar-refractivity contribution in [2.75, 3.05) is 0 Å². The highest BCUT2D eigenvalue weighted by atomic mass is 16.2. The van der Waals surface area contributed by atoms with Gasteiger partial charge in [-0.15, -0.1) is 0 Å². The molecule has 0 saturated carbocycles. The van der Waals surface area contributed by atoms with E-state index >= 15 is 0 Å². The minimum Gasteiger partial charge on any atom is -0.301 e. The first-order valence-corrected chi connectivity index (χ1v) is 3.54. The molecule has 0 spiro atoms. The maximum absolute atomic E-state index is 10.8. The maximum atomic E-state index is 10.8. The van der Waals surface area contributed by atoms with E-state index in [2.05, 4.69) is 9.98 Å². The summed E-state index contributed by atoms with van der Waals surface area (Å²) in [5.41, 5.74) is 7.49. The van der Waals surface area contributed by atoms with Crippen molar-refractivity contribution in [2.24, 2.45) is 9.98 Å². The van der Waals surface area contributed by atoms with E-state index in [1.165, 1.54) is 18.2 Å². The van der Waals surface area contributed by atoms with Gasteiger partial charge in [0.05, 0.1) is 16.4 Å². The molecule has 2 rings (SSSR count). The van der Waals surface area contributed by atoms with E-state index in [0.29, 0.717) is 5.36 Å². The SMILES string of the molecule is [NH]c1ccc2c(c1)=NC(=O)C(=O)N=2. The normalized spacial score (nSPS) is 14.5. The van der Waals surface area contributed by atoms with E-state index in [-0.39, 0.29) is 11.0 Å². The van der Waals surface area contributed by atoms with Crippen molar-refractivity contribution in [1.82, 2.24) is 5.73 Å². The molecule has 0 fully saturated rings. The lowest BCUT2D eigenvalue weighted by Gasteiger charge is -1.96. The van der Waals surface area contributed by atoms with Gasteiger partial charge in [-0.25, -0.2) is 9.98 Å². The zero-order valence-electron chi connectivity index (χ0n) is 6.44. The third-order valence-corrected chi connectivity index (χ3v) is 1.60. The van der Waals surface area contributed by atoms with Gasteiger partial charge in [-0.05, 0) is 18.2 Å². The summed E-state index contributed by atoms with van der Waals surface area (Å²) in [7, 11) is 0. The van der Waals surface area contributed by atoms with E-state index in [1.807, 2.05) is 0 Å². The highest BCUT2D eigenvalue weighted by Crippen LogP contribution is 1.94. The van der Waals surface area contributed by atoms with Crippen LogP contribution in [0.5, 0.6) is 0 Å². The molecule has 1 aliphatic heterocycles. The molecule has 0 bridgehead atoms. The van der Waals surface area contributed by atoms with Crippen LogP contribution in [0.25, 0.3) is 0 Å². The summed E-state index contributed by atoms with van der Waals surface area (Å²) in [5.74, 6) is -1.73. The van der Waals surface area contributed by atoms with Crippen LogP contribution >= 0.6 is 0 Å². The minimum atomic E-state index is -0.877. The molecule has 13 heavy (non-hydrogen) atoms. The van der Waals surface area contributed by atoms with Crippen LogP contribution in [0.3, 0.4) is 0 Å². The van der Waals surface area contributed by atoms with Crippen molar-refractivity contribution in [3.8, 4) is 0 Å². The molecule has 1 heterocycles. The number of hydrogen-bond donors (Lipinski definition) is 0. The van der Waals surface area contributed by atoms with Gasteiger partial charge in [0.25, 0.3) is 0 Å². The first kappa shape index (κ1) is 7.60. The Bertz CT molecular complexity index is 519. The fourth-order valence-corrected chi connectivity index (χ4v) is 1.02. The molecule has 1 aromatic rings. The van der Waals surface area contributed by atoms with Crippen molar-refractivity contribution < 1.29 is 9.59 Å². The zero-order valence-corrected chi connectivity index (χ0v) is 6.44. The molecule has 1 radical (unpaired) electrons. The predicted octanol–water partition coefficient (Wildman–Crippen LogP) is -1.09. The largest absolute Gasteiger partial charge is 0.338 e. The summed E-state index contributed by atoms with van der Waals surface area (Å²) in [6.07, 6.45) is 0. The summed E-state index contributed by atoms with van der Waals surface area (Å²) >= 11 is 0. The molecular formula is C8H4N3O2. The summed E-state index contributed by atoms with van der Waals surface area (Å²) in [6.45, 7) is 0. The van der Waals surface area contributed by atoms with E-state index in [9.17, 15) is 9.59 Å². The van der Waals surface area contributed by atoms with Gasteiger partial charge in [-0.3, -0.25) is 9.59 Å². The predicted molar refractivity (Wildman–Crippen MR) is 41.5 cm³/mol. The van der Waals surface area contributed by atoms with Crippen LogP contribution in [0.15, 0.2) is 28.2 Å². The molecule has 0 unspecified atom stereocenters. The topological polar surface area (TPSA) is 82.7 Å². The smallest absolute Gasteiger partial charge is 0.301 e. The fourth-order valence-electron chi connectivity index (χ4n) is 1.02. The molecular weight excluding hydrogens is 170 g/mol. The highest BCUT2D eigenvalue weighted by molar-refractivity contribution is 6.36. The Kier molecular flexibility index (Phi) is 1.45. The molecule has 0 atom stereocenters. The van der Waals surface area contributed by atoms with Crippen LogP contribution in [0.2, 0.25) is 0 Å². The summed E-state index contributed by atoms with van der Waals surface area (Å²) < 4.78 is 0. The van der Waals surface area contributed by atoms with Crippen molar-refractivity contribution in [3.63, 3.8) is 0 Å². The molecule has 2 amide bonds. The number of amides is 2. The van der Waals surface area contributed by atoms with Gasteiger partial charge in [-0.2, -0.15) is 0 Å². The minimum absolute atomic E-state index is 0.236. The number of carbonyl (C=O) groups is 2. The summed E-state index contributed by atoms with van der Waals surface area (Å²) in [4.78, 5) is 28.6. The first-order chi connectivity index (χ1) is 6.16. The van der Waals surface area contributed by atoms with Gasteiger partial charge in [0.15, 0.2) is 0 Å². The van der Waals surface area contributed by atoms with Crippen molar-refractivity contribution in [3.05, 3.63) is 28.9 Å². The van der Waals surface area contributed by atoms with Gasteiger partial charge in [-0.1, -0.05) is 0 Å². The standard InChI is InChI=1S/C8H4N3O2/c9-4-1-2-5-6(3-4)11-8(13)7(12)10-5/h1-3,9H. The van der Waals surface area contributed by atoms with Crippen LogP contribution in [0.4, 0.5) is 5.69 Å². The molecule has 5 nitrogen and oxygen atoms in total. The Morgan fingerprint density at radius 3 is 2.31 bits per heavy atom. The number of benzene rings is 1. The van der Waals surface area contributed by atoms with Crippen LogP contribution < -0.4 is 16.4 Å². The van der Waals surface area contributed by atoms with Gasteiger partial charge < -0.3 is 5.73 Å². The molecule has 1 aliphatic rings. The third kappa shape index (κ3) is 1.20. The lowest BCUT2D eigenvalue weighted by atomic mass is 10.3. The molecule has 1 aromatic carbocycles. The number of rotatable bonds is 0. The highest BCUT2D eigenvalue weighted by Gasteiger charge is 2.14. The Labute approximate surface area is 72.6 Å². The number of nitrogens with zero attached hydrogens (tertiary/aromatic N) is 2. The molecule has 0 aromatic heterocycles. The Morgan fingerprint density at radius 1 is 1.00 bits per heavy atom. The van der Waals surface area contributed by atoms with Crippen molar-refractivity contribution in [1.29, 1.82) is 0 Å². The number of hydrogen-bond acceptors (Lipinski definition) is 2. The zero-order chi connectivity index (χ0) is 9.42. The molecule has 0 saturated heterocycles. The van der Waals surface area contributed by atoms with Gasteiger partial charge in [0, 0.05) is 0 Å². The Morgan fingerprint density at radius 2 is 1.62 bits per heavy atom. The van der Waals surface area contributed by atoms with Crippen molar-refractivity contribution in [2.45, 2.75) is 0 Å². The monoisotopic (exact) mass is 174 g/mol. The molecule has 5 heteroatoms. The summed E-state index contributed by atoms with van der Waals surface area (Å²) in [5, 5.41) is 0.637. The second-order valence-corrected chi connectivity index (χ2v) is 2.54. The number of fused-ring (bicyclic) bond motifs is 1. The fraction of sp³-hybridized carbons (Fsp3) is 0.